The quantitative estimate of drug-likeness (QED) is 0.446. The molecule has 6 unspecified atom stereocenters. The van der Waals surface area contributed by atoms with Crippen LogP contribution in [0.2, 0.25) is 0 Å². The fourth-order valence-corrected chi connectivity index (χ4v) is 5.28. The standard InChI is InChI=1S/C18H13NO5/c20-16-7-3-1-2-4-8(7)17(21)19(16)13-11-9-5-6-10(12(11)13)15-14(9)23-18(22)24-15/h1-6,9-15H. The second kappa shape index (κ2) is 3.88. The summed E-state index contributed by atoms with van der Waals surface area (Å²) in [4.78, 5) is 38.3. The Kier molecular flexibility index (Phi) is 2.06. The van der Waals surface area contributed by atoms with Crippen LogP contribution in [0, 0.1) is 23.7 Å². The van der Waals surface area contributed by atoms with Gasteiger partial charge in [-0.05, 0) is 24.0 Å². The maximum absolute atomic E-state index is 12.7. The van der Waals surface area contributed by atoms with Gasteiger partial charge in [0.2, 0.25) is 0 Å². The van der Waals surface area contributed by atoms with Crippen LogP contribution >= 0.6 is 0 Å². The number of rotatable bonds is 1. The number of carbonyl (C=O) groups is 3. The van der Waals surface area contributed by atoms with Crippen molar-refractivity contribution >= 4 is 18.0 Å². The van der Waals surface area contributed by atoms with Crippen molar-refractivity contribution < 1.29 is 23.9 Å². The normalized spacial score (nSPS) is 43.2. The average Bonchev–Trinajstić information content (AvgIpc) is 3.11. The highest BCUT2D eigenvalue weighted by atomic mass is 16.8. The molecule has 6 nitrogen and oxygen atoms in total. The zero-order valence-electron chi connectivity index (χ0n) is 12.5. The van der Waals surface area contributed by atoms with Crippen molar-refractivity contribution in [2.45, 2.75) is 18.2 Å². The molecular weight excluding hydrogens is 310 g/mol. The fourth-order valence-electron chi connectivity index (χ4n) is 5.28. The Morgan fingerprint density at radius 3 is 1.79 bits per heavy atom. The number of amides is 2. The lowest BCUT2D eigenvalue weighted by Gasteiger charge is -2.36. The first-order valence-corrected chi connectivity index (χ1v) is 8.19. The maximum Gasteiger partial charge on any atom is 0.509 e. The van der Waals surface area contributed by atoms with Crippen LogP contribution in [0.25, 0.3) is 0 Å². The molecule has 6 atom stereocenters. The summed E-state index contributed by atoms with van der Waals surface area (Å²) in [6.45, 7) is 0. The summed E-state index contributed by atoms with van der Waals surface area (Å²) in [5.74, 6) is -0.0533. The lowest BCUT2D eigenvalue weighted by molar-refractivity contribution is 0.0316. The molecule has 2 saturated carbocycles. The van der Waals surface area contributed by atoms with Gasteiger partial charge in [-0.1, -0.05) is 24.3 Å². The minimum absolute atomic E-state index is 0.0192. The molecule has 3 fully saturated rings. The summed E-state index contributed by atoms with van der Waals surface area (Å²) in [7, 11) is 0. The molecule has 2 amide bonds. The number of hydrogen-bond acceptors (Lipinski definition) is 5. The summed E-state index contributed by atoms with van der Waals surface area (Å²) in [5.41, 5.74) is 0.962. The molecule has 6 aliphatic rings. The summed E-state index contributed by atoms with van der Waals surface area (Å²) >= 11 is 0. The van der Waals surface area contributed by atoms with Crippen molar-refractivity contribution in [2.75, 3.05) is 0 Å². The minimum atomic E-state index is -0.609. The number of nitrogens with zero attached hydrogens (tertiary/aromatic N) is 1. The second-order valence-electron chi connectivity index (χ2n) is 7.13. The molecule has 2 aliphatic heterocycles. The van der Waals surface area contributed by atoms with E-state index in [1.807, 2.05) is 0 Å². The van der Waals surface area contributed by atoms with E-state index >= 15 is 0 Å². The van der Waals surface area contributed by atoms with E-state index in [9.17, 15) is 14.4 Å². The smallest absolute Gasteiger partial charge is 0.426 e. The largest absolute Gasteiger partial charge is 0.509 e. The predicted octanol–water partition coefficient (Wildman–Crippen LogP) is 1.62. The summed E-state index contributed by atoms with van der Waals surface area (Å²) in [6, 6.07) is 6.82. The van der Waals surface area contributed by atoms with Crippen molar-refractivity contribution in [2.24, 2.45) is 23.7 Å². The van der Waals surface area contributed by atoms with E-state index in [4.69, 9.17) is 9.47 Å². The molecule has 24 heavy (non-hydrogen) atoms. The number of ether oxygens (including phenoxy) is 2. The van der Waals surface area contributed by atoms with Crippen LogP contribution in [-0.2, 0) is 9.47 Å². The van der Waals surface area contributed by atoms with Crippen molar-refractivity contribution in [1.29, 1.82) is 0 Å². The number of fused-ring (bicyclic) bond motifs is 1. The van der Waals surface area contributed by atoms with Crippen LogP contribution in [0.5, 0.6) is 0 Å². The van der Waals surface area contributed by atoms with Crippen LogP contribution in [0.15, 0.2) is 36.4 Å². The number of benzene rings is 1. The zero-order valence-corrected chi connectivity index (χ0v) is 12.5. The predicted molar refractivity (Wildman–Crippen MR) is 79.0 cm³/mol. The first-order chi connectivity index (χ1) is 11.7. The highest BCUT2D eigenvalue weighted by molar-refractivity contribution is 6.21. The third-order valence-corrected chi connectivity index (χ3v) is 6.21. The summed E-state index contributed by atoms with van der Waals surface area (Å²) < 4.78 is 10.6. The molecule has 4 aliphatic carbocycles. The molecule has 1 aromatic rings. The zero-order chi connectivity index (χ0) is 16.2. The molecule has 0 radical (unpaired) electrons. The second-order valence-corrected chi connectivity index (χ2v) is 7.13. The molecule has 2 heterocycles. The molecular formula is C18H13NO5. The van der Waals surface area contributed by atoms with Gasteiger partial charge in [-0.2, -0.15) is 0 Å². The van der Waals surface area contributed by atoms with E-state index < -0.39 is 6.16 Å². The Bertz CT molecular complexity index is 796. The summed E-state index contributed by atoms with van der Waals surface area (Å²) in [5, 5.41) is 0. The van der Waals surface area contributed by atoms with Crippen LogP contribution < -0.4 is 0 Å². The van der Waals surface area contributed by atoms with Crippen LogP contribution in [0.1, 0.15) is 20.7 Å². The average molecular weight is 323 g/mol. The fraction of sp³-hybridized carbons (Fsp3) is 0.389. The Labute approximate surface area is 137 Å². The Hall–Kier alpha value is -2.63. The van der Waals surface area contributed by atoms with Crippen LogP contribution in [0.3, 0.4) is 0 Å². The summed E-state index contributed by atoms with van der Waals surface area (Å²) in [6.07, 6.45) is 2.95. The topological polar surface area (TPSA) is 72.9 Å². The Morgan fingerprint density at radius 2 is 1.29 bits per heavy atom. The van der Waals surface area contributed by atoms with E-state index in [2.05, 4.69) is 12.2 Å². The van der Waals surface area contributed by atoms with Gasteiger partial charge in [0.25, 0.3) is 11.8 Å². The van der Waals surface area contributed by atoms with Gasteiger partial charge in [-0.25, -0.2) is 4.79 Å². The lowest BCUT2D eigenvalue weighted by Crippen LogP contribution is -2.44. The van der Waals surface area contributed by atoms with E-state index in [0.29, 0.717) is 11.1 Å². The molecule has 6 heteroatoms. The maximum atomic E-state index is 12.7. The molecule has 120 valence electrons. The number of hydrogen-bond donors (Lipinski definition) is 0. The van der Waals surface area contributed by atoms with Gasteiger partial charge in [-0.3, -0.25) is 14.5 Å². The monoisotopic (exact) mass is 323 g/mol. The van der Waals surface area contributed by atoms with E-state index in [0.717, 1.165) is 0 Å². The first kappa shape index (κ1) is 12.8. The highest BCUT2D eigenvalue weighted by Crippen LogP contribution is 2.64. The van der Waals surface area contributed by atoms with E-state index in [-0.39, 0.29) is 53.7 Å². The third-order valence-electron chi connectivity index (χ3n) is 6.21. The Balaban J connectivity index is 1.37. The molecule has 7 rings (SSSR count). The highest BCUT2D eigenvalue weighted by Gasteiger charge is 2.73. The van der Waals surface area contributed by atoms with Crippen LogP contribution in [0.4, 0.5) is 4.79 Å². The minimum Gasteiger partial charge on any atom is -0.426 e. The van der Waals surface area contributed by atoms with Gasteiger partial charge in [0.05, 0.1) is 11.1 Å². The van der Waals surface area contributed by atoms with Crippen molar-refractivity contribution in [3.8, 4) is 0 Å². The van der Waals surface area contributed by atoms with Crippen molar-refractivity contribution in [3.05, 3.63) is 47.5 Å². The molecule has 1 aromatic carbocycles. The van der Waals surface area contributed by atoms with Crippen LogP contribution in [-0.4, -0.2) is 41.1 Å². The van der Waals surface area contributed by atoms with Gasteiger partial charge in [0.1, 0.15) is 12.2 Å². The van der Waals surface area contributed by atoms with Gasteiger partial charge in [0.15, 0.2) is 0 Å². The van der Waals surface area contributed by atoms with Gasteiger partial charge in [-0.15, -0.1) is 0 Å². The van der Waals surface area contributed by atoms with Crippen molar-refractivity contribution in [3.63, 3.8) is 0 Å². The van der Waals surface area contributed by atoms with Crippen molar-refractivity contribution in [1.82, 2.24) is 4.90 Å². The van der Waals surface area contributed by atoms with E-state index in [1.165, 1.54) is 4.90 Å². The van der Waals surface area contributed by atoms with Gasteiger partial charge < -0.3 is 9.47 Å². The van der Waals surface area contributed by atoms with E-state index in [1.54, 1.807) is 24.3 Å². The molecule has 0 aromatic heterocycles. The molecule has 2 bridgehead atoms. The molecule has 0 spiro atoms. The molecule has 0 N–H and O–H groups in total. The number of imide groups is 1. The molecule has 1 saturated heterocycles. The lowest BCUT2D eigenvalue weighted by atomic mass is 9.72. The van der Waals surface area contributed by atoms with Gasteiger partial charge in [0, 0.05) is 17.9 Å². The third kappa shape index (κ3) is 1.28. The SMILES string of the molecule is O=C1OC2C3C=CC(C2O1)C1C3C1N1C(=O)c2ccccc2C1=O. The first-order valence-electron chi connectivity index (χ1n) is 8.19. The number of carbonyl (C=O) groups excluding carboxylic acids is 3. The Morgan fingerprint density at radius 1 is 0.792 bits per heavy atom. The van der Waals surface area contributed by atoms with Gasteiger partial charge >= 0.3 is 6.16 Å².